The van der Waals surface area contributed by atoms with Crippen molar-refractivity contribution in [2.24, 2.45) is 0 Å². The predicted molar refractivity (Wildman–Crippen MR) is 51.7 cm³/mol. The van der Waals surface area contributed by atoms with Gasteiger partial charge in [0, 0.05) is 6.42 Å². The molecule has 2 atom stereocenters. The Bertz CT molecular complexity index is 298. The van der Waals surface area contributed by atoms with Crippen LogP contribution < -0.4 is 5.32 Å². The largest absolute Gasteiger partial charge is 0.393 e. The molecule has 1 rings (SSSR count). The van der Waals surface area contributed by atoms with Gasteiger partial charge in [0.25, 0.3) is 0 Å². The van der Waals surface area contributed by atoms with E-state index in [0.29, 0.717) is 18.7 Å². The highest BCUT2D eigenvalue weighted by Crippen LogP contribution is 2.04. The molecule has 15 heavy (non-hydrogen) atoms. The van der Waals surface area contributed by atoms with Crippen LogP contribution in [0.3, 0.4) is 0 Å². The summed E-state index contributed by atoms with van der Waals surface area (Å²) < 4.78 is 0. The minimum atomic E-state index is -0.462. The molecule has 0 aliphatic rings. The highest BCUT2D eigenvalue weighted by atomic mass is 16.3. The summed E-state index contributed by atoms with van der Waals surface area (Å²) in [5.74, 6) is 0.314. The first-order valence-corrected chi connectivity index (χ1v) is 4.80. The summed E-state index contributed by atoms with van der Waals surface area (Å²) in [7, 11) is 0. The van der Waals surface area contributed by atoms with E-state index in [1.165, 1.54) is 0 Å². The number of nitrogens with zero attached hydrogens (tertiary/aromatic N) is 3. The second kappa shape index (κ2) is 5.40. The van der Waals surface area contributed by atoms with Crippen molar-refractivity contribution < 1.29 is 9.90 Å². The van der Waals surface area contributed by atoms with E-state index in [4.69, 9.17) is 5.11 Å². The molecule has 0 radical (unpaired) electrons. The van der Waals surface area contributed by atoms with Crippen LogP contribution in [0.2, 0.25) is 0 Å². The minimum absolute atomic E-state index is 0.131. The predicted octanol–water partition coefficient (Wildman–Crippen LogP) is -0.462. The first-order chi connectivity index (χ1) is 7.09. The van der Waals surface area contributed by atoms with Gasteiger partial charge in [0.15, 0.2) is 5.82 Å². The zero-order valence-corrected chi connectivity index (χ0v) is 8.77. The van der Waals surface area contributed by atoms with Crippen LogP contribution in [0.1, 0.15) is 38.6 Å². The molecular weight excluding hydrogens is 198 g/mol. The number of aliphatic hydroxyl groups is 1. The smallest absolute Gasteiger partial charge is 0.220 e. The highest BCUT2D eigenvalue weighted by Gasteiger charge is 2.13. The Hall–Kier alpha value is -1.50. The van der Waals surface area contributed by atoms with Crippen molar-refractivity contribution in [3.63, 3.8) is 0 Å². The first kappa shape index (κ1) is 11.6. The van der Waals surface area contributed by atoms with Crippen molar-refractivity contribution in [1.82, 2.24) is 25.9 Å². The van der Waals surface area contributed by atoms with Crippen molar-refractivity contribution in [3.05, 3.63) is 5.82 Å². The molecule has 0 fully saturated rings. The zero-order chi connectivity index (χ0) is 11.3. The number of rotatable bonds is 5. The van der Waals surface area contributed by atoms with Crippen LogP contribution in [0.4, 0.5) is 0 Å². The van der Waals surface area contributed by atoms with Gasteiger partial charge in [-0.15, -0.1) is 10.2 Å². The third kappa shape index (κ3) is 4.03. The van der Waals surface area contributed by atoms with Gasteiger partial charge in [0.1, 0.15) is 0 Å². The van der Waals surface area contributed by atoms with Gasteiger partial charge in [-0.3, -0.25) is 4.79 Å². The zero-order valence-electron chi connectivity index (χ0n) is 8.77. The molecular formula is C8H15N5O2. The van der Waals surface area contributed by atoms with E-state index >= 15 is 0 Å². The van der Waals surface area contributed by atoms with Crippen LogP contribution in [-0.4, -0.2) is 37.7 Å². The van der Waals surface area contributed by atoms with Gasteiger partial charge in [-0.05, 0) is 20.3 Å². The molecule has 1 aromatic rings. The number of amides is 1. The van der Waals surface area contributed by atoms with E-state index < -0.39 is 6.10 Å². The van der Waals surface area contributed by atoms with E-state index in [1.807, 2.05) is 0 Å². The third-order valence-corrected chi connectivity index (χ3v) is 1.92. The second-order valence-corrected chi connectivity index (χ2v) is 3.45. The number of aromatic amines is 1. The van der Waals surface area contributed by atoms with E-state index in [1.54, 1.807) is 13.8 Å². The average molecular weight is 213 g/mol. The van der Waals surface area contributed by atoms with Crippen molar-refractivity contribution >= 4 is 5.91 Å². The van der Waals surface area contributed by atoms with Crippen LogP contribution >= 0.6 is 0 Å². The lowest BCUT2D eigenvalue weighted by Crippen LogP contribution is -2.27. The van der Waals surface area contributed by atoms with Crippen molar-refractivity contribution in [3.8, 4) is 0 Å². The molecule has 3 N–H and O–H groups in total. The van der Waals surface area contributed by atoms with Gasteiger partial charge in [-0.1, -0.05) is 5.21 Å². The Morgan fingerprint density at radius 1 is 1.60 bits per heavy atom. The topological polar surface area (TPSA) is 104 Å². The number of H-pyrrole nitrogens is 1. The Kier molecular flexibility index (Phi) is 4.17. The Morgan fingerprint density at radius 3 is 2.87 bits per heavy atom. The number of nitrogens with one attached hydrogen (secondary N) is 2. The van der Waals surface area contributed by atoms with E-state index in [0.717, 1.165) is 0 Å². The summed E-state index contributed by atoms with van der Waals surface area (Å²) in [5.41, 5.74) is 0. The number of tetrazole rings is 1. The Balaban J connectivity index is 2.32. The monoisotopic (exact) mass is 213 g/mol. The Morgan fingerprint density at radius 2 is 2.33 bits per heavy atom. The lowest BCUT2D eigenvalue weighted by molar-refractivity contribution is -0.122. The summed E-state index contributed by atoms with van der Waals surface area (Å²) >= 11 is 0. The fourth-order valence-corrected chi connectivity index (χ4v) is 1.07. The molecule has 0 spiro atoms. The fourth-order valence-electron chi connectivity index (χ4n) is 1.07. The molecule has 0 aromatic carbocycles. The second-order valence-electron chi connectivity index (χ2n) is 3.45. The van der Waals surface area contributed by atoms with Gasteiger partial charge in [-0.25, -0.2) is 0 Å². The molecule has 0 aliphatic carbocycles. The minimum Gasteiger partial charge on any atom is -0.393 e. The van der Waals surface area contributed by atoms with Crippen LogP contribution in [0.15, 0.2) is 0 Å². The third-order valence-electron chi connectivity index (χ3n) is 1.92. The van der Waals surface area contributed by atoms with E-state index in [2.05, 4.69) is 25.9 Å². The summed E-state index contributed by atoms with van der Waals surface area (Å²) in [5, 5.41) is 24.9. The molecule has 2 unspecified atom stereocenters. The molecule has 7 heteroatoms. The first-order valence-electron chi connectivity index (χ1n) is 4.80. The van der Waals surface area contributed by atoms with Gasteiger partial charge >= 0.3 is 0 Å². The standard InChI is InChI=1S/C8H15N5O2/c1-5(14)3-4-7(15)9-6(2)8-10-12-13-11-8/h5-6,14H,3-4H2,1-2H3,(H,9,15)(H,10,11,12,13). The summed E-state index contributed by atoms with van der Waals surface area (Å²) in [6.45, 7) is 3.42. The maximum absolute atomic E-state index is 11.3. The molecule has 1 amide bonds. The van der Waals surface area contributed by atoms with Gasteiger partial charge in [0.05, 0.1) is 12.1 Å². The molecule has 1 heterocycles. The molecule has 0 bridgehead atoms. The molecule has 1 aromatic heterocycles. The SMILES string of the molecule is CC(O)CCC(=O)NC(C)c1nn[nH]n1. The summed E-state index contributed by atoms with van der Waals surface area (Å²) in [6.07, 6.45) is 0.279. The lowest BCUT2D eigenvalue weighted by atomic mass is 10.2. The quantitative estimate of drug-likeness (QED) is 0.614. The van der Waals surface area contributed by atoms with E-state index in [9.17, 15) is 4.79 Å². The lowest BCUT2D eigenvalue weighted by Gasteiger charge is -2.10. The van der Waals surface area contributed by atoms with Gasteiger partial charge in [0.2, 0.25) is 5.91 Å². The molecule has 0 saturated heterocycles. The highest BCUT2D eigenvalue weighted by molar-refractivity contribution is 5.76. The summed E-state index contributed by atoms with van der Waals surface area (Å²) in [6, 6.07) is -0.273. The van der Waals surface area contributed by atoms with Gasteiger partial charge in [-0.2, -0.15) is 5.21 Å². The maximum atomic E-state index is 11.3. The van der Waals surface area contributed by atoms with Gasteiger partial charge < -0.3 is 10.4 Å². The van der Waals surface area contributed by atoms with Crippen molar-refractivity contribution in [2.45, 2.75) is 38.8 Å². The van der Waals surface area contributed by atoms with Crippen LogP contribution in [0.5, 0.6) is 0 Å². The fraction of sp³-hybridized carbons (Fsp3) is 0.750. The summed E-state index contributed by atoms with van der Waals surface area (Å²) in [4.78, 5) is 11.3. The van der Waals surface area contributed by atoms with Crippen molar-refractivity contribution in [1.29, 1.82) is 0 Å². The number of aliphatic hydroxyl groups excluding tert-OH is 1. The van der Waals surface area contributed by atoms with Crippen molar-refractivity contribution in [2.75, 3.05) is 0 Å². The van der Waals surface area contributed by atoms with Crippen LogP contribution in [0, 0.1) is 0 Å². The normalized spacial score (nSPS) is 14.6. The van der Waals surface area contributed by atoms with Crippen LogP contribution in [-0.2, 0) is 4.79 Å². The molecule has 0 saturated carbocycles. The average Bonchev–Trinajstić information content (AvgIpc) is 2.67. The molecule has 84 valence electrons. The molecule has 0 aliphatic heterocycles. The molecule has 7 nitrogen and oxygen atoms in total. The number of hydrogen-bond acceptors (Lipinski definition) is 5. The van der Waals surface area contributed by atoms with Crippen LogP contribution in [0.25, 0.3) is 0 Å². The number of aromatic nitrogens is 4. The maximum Gasteiger partial charge on any atom is 0.220 e. The number of carbonyl (C=O) groups is 1. The number of carbonyl (C=O) groups excluding carboxylic acids is 1. The Labute approximate surface area is 87.3 Å². The number of hydrogen-bond donors (Lipinski definition) is 3. The van der Waals surface area contributed by atoms with E-state index in [-0.39, 0.29) is 11.9 Å².